The van der Waals surface area contributed by atoms with Gasteiger partial charge in [0.15, 0.2) is 4.77 Å². The Balaban J connectivity index is 1.91. The summed E-state index contributed by atoms with van der Waals surface area (Å²) in [7, 11) is 0. The third-order valence-corrected chi connectivity index (χ3v) is 4.88. The summed E-state index contributed by atoms with van der Waals surface area (Å²) in [5.41, 5.74) is 2.80. The van der Waals surface area contributed by atoms with E-state index in [4.69, 9.17) is 12.2 Å². The number of aromatic nitrogens is 2. The molecule has 0 amide bonds. The number of H-pyrrole nitrogens is 1. The Morgan fingerprint density at radius 1 is 1.15 bits per heavy atom. The molecule has 26 heavy (non-hydrogen) atoms. The molecule has 1 aliphatic heterocycles. The number of fused-ring (bicyclic) bond motifs is 1. The molecule has 2 aromatic carbocycles. The van der Waals surface area contributed by atoms with E-state index in [1.54, 1.807) is 24.4 Å². The number of rotatable bonds is 2. The lowest BCUT2D eigenvalue weighted by Gasteiger charge is -2.12. The van der Waals surface area contributed by atoms with Gasteiger partial charge in [-0.05, 0) is 48.6 Å². The molecule has 7 heteroatoms. The molecule has 2 heterocycles. The van der Waals surface area contributed by atoms with Crippen molar-refractivity contribution in [2.45, 2.75) is 0 Å². The van der Waals surface area contributed by atoms with Crippen molar-refractivity contribution in [3.8, 4) is 11.6 Å². The molecule has 5 nitrogen and oxygen atoms in total. The van der Waals surface area contributed by atoms with Crippen LogP contribution in [-0.4, -0.2) is 20.9 Å². The predicted octanol–water partition coefficient (Wildman–Crippen LogP) is 4.62. The summed E-state index contributed by atoms with van der Waals surface area (Å²) in [6, 6.07) is 14.9. The molecule has 0 atom stereocenters. The van der Waals surface area contributed by atoms with Gasteiger partial charge in [-0.15, -0.1) is 0 Å². The van der Waals surface area contributed by atoms with Crippen LogP contribution in [0.15, 0.2) is 62.8 Å². The number of hydrogen-bond acceptors (Lipinski definition) is 4. The van der Waals surface area contributed by atoms with Crippen molar-refractivity contribution in [2.75, 3.05) is 0 Å². The highest BCUT2D eigenvalue weighted by molar-refractivity contribution is 9.10. The summed E-state index contributed by atoms with van der Waals surface area (Å²) in [6.07, 6.45) is 3.29. The van der Waals surface area contributed by atoms with E-state index in [0.717, 1.165) is 21.3 Å². The number of hydrogen-bond donors (Lipinski definition) is 2. The number of aromatic amines is 1. The van der Waals surface area contributed by atoms with Gasteiger partial charge in [0.05, 0.1) is 11.4 Å². The van der Waals surface area contributed by atoms with Gasteiger partial charge in [-0.2, -0.15) is 0 Å². The van der Waals surface area contributed by atoms with Crippen LogP contribution in [0.25, 0.3) is 17.3 Å². The highest BCUT2D eigenvalue weighted by Gasteiger charge is 2.16. The van der Waals surface area contributed by atoms with E-state index in [0.29, 0.717) is 5.69 Å². The standard InChI is InChI=1S/C19H12BrN3O2S/c20-12-5-7-13(8-6-12)23-18(25)15(17(24)22-19(23)26)9-11-10-21-16-4-2-1-3-14(11)16/h1-10,25H,(H,22,24,26)/b11-9-. The fourth-order valence-corrected chi connectivity index (χ4v) is 3.36. The molecular weight excluding hydrogens is 414 g/mol. The first-order valence-electron chi connectivity index (χ1n) is 7.74. The Hall–Kier alpha value is -2.77. The molecule has 0 saturated heterocycles. The molecule has 2 N–H and O–H groups in total. The van der Waals surface area contributed by atoms with Crippen LogP contribution < -0.4 is 5.56 Å². The Labute approximate surface area is 162 Å². The number of nitrogens with one attached hydrogen (secondary N) is 1. The van der Waals surface area contributed by atoms with Gasteiger partial charge in [0.2, 0.25) is 5.88 Å². The number of aliphatic imine (C=N–C) groups is 1. The zero-order valence-corrected chi connectivity index (χ0v) is 15.7. The van der Waals surface area contributed by atoms with Crippen LogP contribution in [0, 0.1) is 4.77 Å². The van der Waals surface area contributed by atoms with Gasteiger partial charge in [-0.25, -0.2) is 0 Å². The Bertz CT molecular complexity index is 1190. The van der Waals surface area contributed by atoms with E-state index in [2.05, 4.69) is 25.9 Å². The first-order chi connectivity index (χ1) is 12.5. The maximum Gasteiger partial charge on any atom is 0.262 e. The van der Waals surface area contributed by atoms with Crippen LogP contribution in [0.1, 0.15) is 11.1 Å². The molecule has 0 radical (unpaired) electrons. The highest BCUT2D eigenvalue weighted by atomic mass is 79.9. The summed E-state index contributed by atoms with van der Waals surface area (Å²) < 4.78 is 2.45. The third-order valence-electron chi connectivity index (χ3n) is 4.06. The van der Waals surface area contributed by atoms with Crippen molar-refractivity contribution in [1.82, 2.24) is 9.55 Å². The number of aromatic hydroxyl groups is 1. The summed E-state index contributed by atoms with van der Waals surface area (Å²) in [5, 5.41) is 10.8. The molecule has 1 aromatic heterocycles. The molecule has 0 unspecified atom stereocenters. The summed E-state index contributed by atoms with van der Waals surface area (Å²) in [5.74, 6) is -0.216. The lowest BCUT2D eigenvalue weighted by atomic mass is 10.1. The zero-order valence-electron chi connectivity index (χ0n) is 13.3. The van der Waals surface area contributed by atoms with Gasteiger partial charge in [0.25, 0.3) is 5.56 Å². The molecule has 1 aliphatic rings. The molecule has 0 bridgehead atoms. The van der Waals surface area contributed by atoms with Crippen LogP contribution in [0.4, 0.5) is 5.69 Å². The van der Waals surface area contributed by atoms with E-state index in [-0.39, 0.29) is 16.2 Å². The topological polar surface area (TPSA) is 70.4 Å². The molecule has 0 spiro atoms. The number of para-hydroxylation sites is 1. The van der Waals surface area contributed by atoms with Gasteiger partial charge >= 0.3 is 0 Å². The van der Waals surface area contributed by atoms with Crippen LogP contribution in [0.5, 0.6) is 5.88 Å². The fourth-order valence-electron chi connectivity index (χ4n) is 2.81. The van der Waals surface area contributed by atoms with Crippen LogP contribution >= 0.6 is 28.1 Å². The van der Waals surface area contributed by atoms with Crippen molar-refractivity contribution >= 4 is 51.7 Å². The lowest BCUT2D eigenvalue weighted by Crippen LogP contribution is -2.16. The number of halogens is 1. The molecule has 0 saturated carbocycles. The molecule has 0 fully saturated rings. The number of benzene rings is 2. The maximum atomic E-state index is 12.4. The molecule has 0 aliphatic carbocycles. The second kappa shape index (κ2) is 6.51. The minimum atomic E-state index is -0.453. The minimum Gasteiger partial charge on any atom is -0.494 e. The zero-order chi connectivity index (χ0) is 18.3. The number of nitrogens with zero attached hydrogens (tertiary/aromatic N) is 2. The van der Waals surface area contributed by atoms with Crippen LogP contribution in [-0.2, 0) is 0 Å². The summed E-state index contributed by atoms with van der Waals surface area (Å²) >= 11 is 8.61. The lowest BCUT2D eigenvalue weighted by molar-refractivity contribution is 0.432. The quantitative estimate of drug-likeness (QED) is 0.588. The SMILES string of the molecule is O=c1[nH]c(=S)n(-c2ccc(Br)cc2)c(O)c1/C=C1/C=Nc2ccccc21. The average Bonchev–Trinajstić information content (AvgIpc) is 3.03. The predicted molar refractivity (Wildman–Crippen MR) is 109 cm³/mol. The van der Waals surface area contributed by atoms with Gasteiger partial charge in [0.1, 0.15) is 5.56 Å². The van der Waals surface area contributed by atoms with Gasteiger partial charge in [-0.1, -0.05) is 34.1 Å². The summed E-state index contributed by atoms with van der Waals surface area (Å²) in [6.45, 7) is 0. The Morgan fingerprint density at radius 3 is 2.65 bits per heavy atom. The van der Waals surface area contributed by atoms with E-state index in [1.807, 2.05) is 36.4 Å². The largest absolute Gasteiger partial charge is 0.494 e. The Kier molecular flexibility index (Phi) is 4.18. The molecular formula is C19H12BrN3O2S. The molecule has 128 valence electrons. The maximum absolute atomic E-state index is 12.4. The summed E-state index contributed by atoms with van der Waals surface area (Å²) in [4.78, 5) is 19.4. The van der Waals surface area contributed by atoms with Crippen molar-refractivity contribution in [3.05, 3.63) is 79.3 Å². The minimum absolute atomic E-state index is 0.123. The first kappa shape index (κ1) is 16.7. The highest BCUT2D eigenvalue weighted by Crippen LogP contribution is 2.33. The third kappa shape index (κ3) is 2.85. The van der Waals surface area contributed by atoms with Crippen molar-refractivity contribution in [2.24, 2.45) is 4.99 Å². The smallest absolute Gasteiger partial charge is 0.262 e. The Morgan fingerprint density at radius 2 is 1.88 bits per heavy atom. The monoisotopic (exact) mass is 425 g/mol. The van der Waals surface area contributed by atoms with Gasteiger partial charge < -0.3 is 5.11 Å². The van der Waals surface area contributed by atoms with Crippen molar-refractivity contribution in [3.63, 3.8) is 0 Å². The number of allylic oxidation sites excluding steroid dienone is 1. The second-order valence-corrected chi connectivity index (χ2v) is 6.99. The van der Waals surface area contributed by atoms with Crippen LogP contribution in [0.2, 0.25) is 0 Å². The first-order valence-corrected chi connectivity index (χ1v) is 8.94. The van der Waals surface area contributed by atoms with E-state index in [9.17, 15) is 9.90 Å². The normalized spacial score (nSPS) is 14.0. The van der Waals surface area contributed by atoms with Gasteiger partial charge in [-0.3, -0.25) is 19.3 Å². The fraction of sp³-hybridized carbons (Fsp3) is 0. The second-order valence-electron chi connectivity index (χ2n) is 5.68. The molecule has 3 aromatic rings. The average molecular weight is 426 g/mol. The van der Waals surface area contributed by atoms with E-state index >= 15 is 0 Å². The van der Waals surface area contributed by atoms with Crippen molar-refractivity contribution in [1.29, 1.82) is 0 Å². The van der Waals surface area contributed by atoms with Gasteiger partial charge in [0, 0.05) is 21.8 Å². The van der Waals surface area contributed by atoms with E-state index in [1.165, 1.54) is 4.57 Å². The van der Waals surface area contributed by atoms with Crippen LogP contribution in [0.3, 0.4) is 0 Å². The van der Waals surface area contributed by atoms with Crippen molar-refractivity contribution < 1.29 is 5.11 Å². The van der Waals surface area contributed by atoms with E-state index < -0.39 is 5.56 Å². The molecule has 4 rings (SSSR count).